The van der Waals surface area contributed by atoms with Gasteiger partial charge in [-0.15, -0.1) is 0 Å². The summed E-state index contributed by atoms with van der Waals surface area (Å²) < 4.78 is 0. The van der Waals surface area contributed by atoms with Gasteiger partial charge in [0.25, 0.3) is 0 Å². The van der Waals surface area contributed by atoms with Crippen LogP contribution < -0.4 is 0 Å². The van der Waals surface area contributed by atoms with Gasteiger partial charge < -0.3 is 0 Å². The van der Waals surface area contributed by atoms with E-state index in [2.05, 4.69) is 75.4 Å². The third-order valence-corrected chi connectivity index (χ3v) is 4.20. The van der Waals surface area contributed by atoms with Crippen molar-refractivity contribution in [2.45, 2.75) is 32.1 Å². The fourth-order valence-corrected chi connectivity index (χ4v) is 2.72. The summed E-state index contributed by atoms with van der Waals surface area (Å²) in [6.07, 6.45) is 3.34. The van der Waals surface area contributed by atoms with E-state index in [0.29, 0.717) is 0 Å². The molecule has 19 heavy (non-hydrogen) atoms. The Morgan fingerprint density at radius 2 is 1.42 bits per heavy atom. The van der Waals surface area contributed by atoms with E-state index in [1.165, 1.54) is 26.5 Å². The fraction of sp³-hybridized carbons (Fsp3) is 0.222. The number of benzene rings is 2. The predicted octanol–water partition coefficient (Wildman–Crippen LogP) is 5.85. The summed E-state index contributed by atoms with van der Waals surface area (Å²) in [5.74, 6) is 0. The van der Waals surface area contributed by atoms with Crippen molar-refractivity contribution < 1.29 is 0 Å². The van der Waals surface area contributed by atoms with Crippen LogP contribution >= 0.6 is 11.8 Å². The first-order chi connectivity index (χ1) is 9.17. The molecule has 0 aromatic heterocycles. The molecule has 0 bridgehead atoms. The van der Waals surface area contributed by atoms with Gasteiger partial charge >= 0.3 is 0 Å². The third-order valence-electron chi connectivity index (χ3n) is 3.02. The topological polar surface area (TPSA) is 0 Å². The normalized spacial score (nSPS) is 11.6. The molecule has 1 heteroatoms. The van der Waals surface area contributed by atoms with Crippen molar-refractivity contribution >= 4 is 17.8 Å². The average molecular weight is 268 g/mol. The van der Waals surface area contributed by atoms with Crippen molar-refractivity contribution in [1.29, 1.82) is 0 Å². The minimum Gasteiger partial charge on any atom is -0.0945 e. The fourth-order valence-electron chi connectivity index (χ4n) is 1.81. The lowest BCUT2D eigenvalue weighted by Crippen LogP contribution is -1.79. The molecular formula is C18H20S. The highest BCUT2D eigenvalue weighted by Gasteiger charge is 1.99. The van der Waals surface area contributed by atoms with Gasteiger partial charge in [0.05, 0.1) is 0 Å². The molecule has 0 saturated heterocycles. The second kappa shape index (κ2) is 6.63. The van der Waals surface area contributed by atoms with Gasteiger partial charge in [-0.1, -0.05) is 66.2 Å². The van der Waals surface area contributed by atoms with Gasteiger partial charge in [0.1, 0.15) is 0 Å². The smallest absolute Gasteiger partial charge is 0.0119 e. The summed E-state index contributed by atoms with van der Waals surface area (Å²) in [6, 6.07) is 17.4. The minimum atomic E-state index is 1.06. The number of hydrogen-bond donors (Lipinski definition) is 0. The molecule has 0 atom stereocenters. The van der Waals surface area contributed by atoms with Crippen molar-refractivity contribution in [3.63, 3.8) is 0 Å². The van der Waals surface area contributed by atoms with Gasteiger partial charge in [-0.2, -0.15) is 0 Å². The van der Waals surface area contributed by atoms with Crippen molar-refractivity contribution in [2.75, 3.05) is 0 Å². The van der Waals surface area contributed by atoms with E-state index in [1.54, 1.807) is 0 Å². The number of hydrogen-bond acceptors (Lipinski definition) is 1. The molecule has 0 amide bonds. The van der Waals surface area contributed by atoms with E-state index >= 15 is 0 Å². The highest BCUT2D eigenvalue weighted by Crippen LogP contribution is 2.30. The quantitative estimate of drug-likeness (QED) is 0.627. The van der Waals surface area contributed by atoms with E-state index in [1.807, 2.05) is 11.8 Å². The molecule has 2 aromatic rings. The van der Waals surface area contributed by atoms with E-state index < -0.39 is 0 Å². The second-order valence-corrected chi connectivity index (χ2v) is 5.99. The van der Waals surface area contributed by atoms with Crippen molar-refractivity contribution in [3.05, 3.63) is 70.1 Å². The zero-order chi connectivity index (χ0) is 13.7. The predicted molar refractivity (Wildman–Crippen MR) is 86.5 cm³/mol. The number of thioether (sulfide) groups is 1. The Kier molecular flexibility index (Phi) is 4.86. The molecule has 0 unspecified atom stereocenters. The monoisotopic (exact) mass is 268 g/mol. The molecule has 0 aliphatic heterocycles. The van der Waals surface area contributed by atoms with Crippen molar-refractivity contribution in [2.24, 2.45) is 0 Å². The molecule has 2 rings (SSSR count). The van der Waals surface area contributed by atoms with Gasteiger partial charge in [0, 0.05) is 4.90 Å². The molecule has 0 radical (unpaired) electrons. The maximum atomic E-state index is 2.28. The van der Waals surface area contributed by atoms with Crippen LogP contribution in [-0.4, -0.2) is 0 Å². The SMILES string of the molecule is CC/C(=C/c1ccc(C)cc1)Sc1ccc(C)cc1. The maximum Gasteiger partial charge on any atom is 0.0119 e. The van der Waals surface area contributed by atoms with E-state index in [0.717, 1.165) is 6.42 Å². The summed E-state index contributed by atoms with van der Waals surface area (Å²) in [5.41, 5.74) is 3.90. The number of aryl methyl sites for hydroxylation is 2. The summed E-state index contributed by atoms with van der Waals surface area (Å²) in [6.45, 7) is 6.45. The molecule has 0 N–H and O–H groups in total. The Balaban J connectivity index is 2.15. The van der Waals surface area contributed by atoms with Crippen LogP contribution in [-0.2, 0) is 0 Å². The largest absolute Gasteiger partial charge is 0.0945 e. The lowest BCUT2D eigenvalue weighted by molar-refractivity contribution is 1.21. The molecule has 0 aliphatic rings. The summed E-state index contributed by atoms with van der Waals surface area (Å²) in [4.78, 5) is 2.71. The van der Waals surface area contributed by atoms with Gasteiger partial charge in [-0.25, -0.2) is 0 Å². The van der Waals surface area contributed by atoms with E-state index in [9.17, 15) is 0 Å². The van der Waals surface area contributed by atoms with Gasteiger partial charge in [-0.05, 0) is 48.9 Å². The molecular weight excluding hydrogens is 248 g/mol. The Bertz CT molecular complexity index is 547. The first-order valence-electron chi connectivity index (χ1n) is 6.69. The molecule has 0 fully saturated rings. The van der Waals surface area contributed by atoms with Crippen LogP contribution in [0.1, 0.15) is 30.0 Å². The highest BCUT2D eigenvalue weighted by molar-refractivity contribution is 8.03. The lowest BCUT2D eigenvalue weighted by Gasteiger charge is -2.06. The van der Waals surface area contributed by atoms with Crippen molar-refractivity contribution in [3.8, 4) is 0 Å². The Labute approximate surface area is 120 Å². The zero-order valence-electron chi connectivity index (χ0n) is 11.8. The van der Waals surface area contributed by atoms with Crippen LogP contribution in [0.2, 0.25) is 0 Å². The van der Waals surface area contributed by atoms with Gasteiger partial charge in [-0.3, -0.25) is 0 Å². The van der Waals surface area contributed by atoms with Gasteiger partial charge in [0.15, 0.2) is 0 Å². The first-order valence-corrected chi connectivity index (χ1v) is 7.51. The third kappa shape index (κ3) is 4.29. The van der Waals surface area contributed by atoms with E-state index in [-0.39, 0.29) is 0 Å². The second-order valence-electron chi connectivity index (χ2n) is 4.79. The Morgan fingerprint density at radius 3 is 1.95 bits per heavy atom. The first kappa shape index (κ1) is 14.0. The van der Waals surface area contributed by atoms with Crippen LogP contribution in [0.3, 0.4) is 0 Å². The summed E-state index contributed by atoms with van der Waals surface area (Å²) >= 11 is 1.86. The molecule has 0 saturated carbocycles. The van der Waals surface area contributed by atoms with Crippen LogP contribution in [0, 0.1) is 13.8 Å². The van der Waals surface area contributed by atoms with Crippen LogP contribution in [0.25, 0.3) is 6.08 Å². The number of allylic oxidation sites excluding steroid dienone is 1. The van der Waals surface area contributed by atoms with Gasteiger partial charge in [0.2, 0.25) is 0 Å². The average Bonchev–Trinajstić information content (AvgIpc) is 2.43. The van der Waals surface area contributed by atoms with Crippen LogP contribution in [0.4, 0.5) is 0 Å². The minimum absolute atomic E-state index is 1.06. The zero-order valence-corrected chi connectivity index (χ0v) is 12.6. The highest BCUT2D eigenvalue weighted by atomic mass is 32.2. The van der Waals surface area contributed by atoms with E-state index in [4.69, 9.17) is 0 Å². The molecule has 2 aromatic carbocycles. The molecule has 0 aliphatic carbocycles. The maximum absolute atomic E-state index is 2.28. The van der Waals surface area contributed by atoms with Crippen LogP contribution in [0.5, 0.6) is 0 Å². The molecule has 0 heterocycles. The van der Waals surface area contributed by atoms with Crippen molar-refractivity contribution in [1.82, 2.24) is 0 Å². The standard InChI is InChI=1S/C18H20S/c1-4-17(13-16-9-5-14(2)6-10-16)19-18-11-7-15(3)8-12-18/h5-13H,4H2,1-3H3/b17-13-. The summed E-state index contributed by atoms with van der Waals surface area (Å²) in [5, 5.41) is 0. The van der Waals surface area contributed by atoms with Crippen LogP contribution in [0.15, 0.2) is 58.3 Å². The molecule has 98 valence electrons. The molecule has 0 spiro atoms. The Morgan fingerprint density at radius 1 is 0.895 bits per heavy atom. The number of rotatable bonds is 4. The molecule has 0 nitrogen and oxygen atoms in total. The summed E-state index contributed by atoms with van der Waals surface area (Å²) in [7, 11) is 0. The Hall–Kier alpha value is -1.47. The lowest BCUT2D eigenvalue weighted by atomic mass is 10.1.